The molecule has 0 aliphatic heterocycles. The molecule has 0 radical (unpaired) electrons. The molecule has 0 fully saturated rings. The van der Waals surface area contributed by atoms with E-state index in [1.807, 2.05) is 146 Å². The number of fused-ring (bicyclic) bond motifs is 3. The third-order valence-corrected chi connectivity index (χ3v) is 9.04. The van der Waals surface area contributed by atoms with Gasteiger partial charge in [-0.25, -0.2) is 0 Å². The molecule has 48 heavy (non-hydrogen) atoms. The third-order valence-electron chi connectivity index (χ3n) is 9.04. The second-order valence-electron chi connectivity index (χ2n) is 12.0. The van der Waals surface area contributed by atoms with E-state index in [2.05, 4.69) is 6.07 Å². The van der Waals surface area contributed by atoms with Gasteiger partial charge in [-0.1, -0.05) is 164 Å². The molecule has 9 rings (SSSR count). The van der Waals surface area contributed by atoms with Crippen molar-refractivity contribution in [1.82, 2.24) is 0 Å². The SMILES string of the molecule is [2H]c1c([2H])c([2H])c2c(-c3cc(-c4ccccc4)cc(-c4ccccc4)c3)c3c([2H])c(-c4ccccc4)c([2H])c([2H])c3c(-c3ccc4ccccc4c3)c2c1[2H]. The minimum atomic E-state index is -0.391. The topological polar surface area (TPSA) is 0 Å². The van der Waals surface area contributed by atoms with Crippen LogP contribution in [-0.4, -0.2) is 0 Å². The van der Waals surface area contributed by atoms with Gasteiger partial charge in [-0.2, -0.15) is 0 Å². The van der Waals surface area contributed by atoms with E-state index in [9.17, 15) is 6.85 Å². The zero-order valence-corrected chi connectivity index (χ0v) is 25.9. The van der Waals surface area contributed by atoms with Crippen molar-refractivity contribution >= 4 is 32.3 Å². The fraction of sp³-hybridized carbons (Fsp3) is 0. The Bertz CT molecular complexity index is 2920. The average Bonchev–Trinajstić information content (AvgIpc) is 3.23. The highest BCUT2D eigenvalue weighted by atomic mass is 14.2. The summed E-state index contributed by atoms with van der Waals surface area (Å²) in [6, 6.07) is 47.5. The van der Waals surface area contributed by atoms with Gasteiger partial charge in [-0.3, -0.25) is 0 Å². The van der Waals surface area contributed by atoms with Gasteiger partial charge >= 0.3 is 0 Å². The van der Waals surface area contributed by atoms with Crippen LogP contribution in [0.5, 0.6) is 0 Å². The first-order valence-corrected chi connectivity index (χ1v) is 16.0. The summed E-state index contributed by atoms with van der Waals surface area (Å²) in [6.45, 7) is 0. The lowest BCUT2D eigenvalue weighted by molar-refractivity contribution is 1.58. The summed E-state index contributed by atoms with van der Waals surface area (Å²) in [5.41, 5.74) is 6.67. The van der Waals surface area contributed by atoms with Gasteiger partial charge in [0.1, 0.15) is 0 Å². The van der Waals surface area contributed by atoms with E-state index in [1.54, 1.807) is 0 Å². The first-order valence-electron chi connectivity index (χ1n) is 19.5. The summed E-state index contributed by atoms with van der Waals surface area (Å²) in [5.74, 6) is 0. The molecule has 0 aliphatic carbocycles. The Hall–Kier alpha value is -6.24. The van der Waals surface area contributed by atoms with Gasteiger partial charge < -0.3 is 0 Å². The molecule has 9 aromatic rings. The first kappa shape index (κ1) is 21.5. The summed E-state index contributed by atoms with van der Waals surface area (Å²) < 4.78 is 66.2. The number of benzene rings is 9. The van der Waals surface area contributed by atoms with Gasteiger partial charge in [-0.15, -0.1) is 0 Å². The van der Waals surface area contributed by atoms with E-state index in [0.29, 0.717) is 38.6 Å². The fourth-order valence-corrected chi connectivity index (χ4v) is 6.76. The lowest BCUT2D eigenvalue weighted by Crippen LogP contribution is -1.93. The maximum absolute atomic E-state index is 10.0. The average molecular weight is 616 g/mol. The third kappa shape index (κ3) is 4.96. The normalized spacial score (nSPS) is 13.4. The second-order valence-corrected chi connectivity index (χ2v) is 12.0. The summed E-state index contributed by atoms with van der Waals surface area (Å²) in [6.07, 6.45) is 0. The van der Waals surface area contributed by atoms with Crippen LogP contribution in [0.15, 0.2) is 194 Å². The zero-order chi connectivity index (χ0) is 38.0. The molecule has 0 N–H and O–H groups in total. The highest BCUT2D eigenvalue weighted by molar-refractivity contribution is 6.22. The summed E-state index contributed by atoms with van der Waals surface area (Å²) in [7, 11) is 0. The molecule has 9 aromatic carbocycles. The van der Waals surface area contributed by atoms with Crippen molar-refractivity contribution in [3.63, 3.8) is 0 Å². The predicted octanol–water partition coefficient (Wildman–Crippen LogP) is 13.5. The van der Waals surface area contributed by atoms with Crippen molar-refractivity contribution in [2.75, 3.05) is 0 Å². The van der Waals surface area contributed by atoms with Crippen LogP contribution in [0.3, 0.4) is 0 Å². The van der Waals surface area contributed by atoms with Crippen LogP contribution in [0.4, 0.5) is 0 Å². The molecule has 0 spiro atoms. The number of rotatable bonds is 5. The van der Waals surface area contributed by atoms with Crippen LogP contribution in [0.2, 0.25) is 0 Å². The summed E-state index contributed by atoms with van der Waals surface area (Å²) >= 11 is 0. The Morgan fingerprint density at radius 1 is 0.292 bits per heavy atom. The van der Waals surface area contributed by atoms with E-state index in [-0.39, 0.29) is 52.6 Å². The van der Waals surface area contributed by atoms with E-state index >= 15 is 0 Å². The van der Waals surface area contributed by atoms with Crippen LogP contribution in [0, 0.1) is 0 Å². The molecule has 0 aromatic heterocycles. The molecule has 0 saturated carbocycles. The maximum atomic E-state index is 10.0. The van der Waals surface area contributed by atoms with E-state index in [0.717, 1.165) is 33.0 Å². The lowest BCUT2D eigenvalue weighted by atomic mass is 9.83. The Balaban J connectivity index is 1.56. The molecule has 0 nitrogen and oxygen atoms in total. The molecule has 0 unspecified atom stereocenters. The van der Waals surface area contributed by atoms with Gasteiger partial charge in [0.25, 0.3) is 0 Å². The minimum Gasteiger partial charge on any atom is -0.0622 e. The molecule has 0 bridgehead atoms. The molecule has 0 amide bonds. The van der Waals surface area contributed by atoms with E-state index < -0.39 is 6.04 Å². The first-order chi connectivity index (χ1) is 26.7. The number of hydrogen-bond acceptors (Lipinski definition) is 0. The van der Waals surface area contributed by atoms with Gasteiger partial charge in [0, 0.05) is 0 Å². The molecular formula is C48H32. The molecule has 0 heterocycles. The van der Waals surface area contributed by atoms with E-state index in [1.165, 1.54) is 0 Å². The minimum absolute atomic E-state index is 0.0138. The van der Waals surface area contributed by atoms with Crippen LogP contribution in [-0.2, 0) is 0 Å². The molecular weight excluding hydrogens is 577 g/mol. The monoisotopic (exact) mass is 615 g/mol. The molecule has 0 heteroatoms. The van der Waals surface area contributed by atoms with Gasteiger partial charge in [0.2, 0.25) is 0 Å². The maximum Gasteiger partial charge on any atom is 0.0636 e. The smallest absolute Gasteiger partial charge is 0.0622 e. The highest BCUT2D eigenvalue weighted by Crippen LogP contribution is 2.46. The van der Waals surface area contributed by atoms with Crippen molar-refractivity contribution in [2.45, 2.75) is 0 Å². The Morgan fingerprint density at radius 2 is 0.771 bits per heavy atom. The Kier molecular flexibility index (Phi) is 5.31. The van der Waals surface area contributed by atoms with Crippen molar-refractivity contribution < 1.29 is 9.60 Å². The van der Waals surface area contributed by atoms with Crippen molar-refractivity contribution in [1.29, 1.82) is 0 Å². The highest BCUT2D eigenvalue weighted by Gasteiger charge is 2.19. The summed E-state index contributed by atoms with van der Waals surface area (Å²) in [4.78, 5) is 0. The Labute approximate surface area is 291 Å². The lowest BCUT2D eigenvalue weighted by Gasteiger charge is -2.20. The zero-order valence-electron chi connectivity index (χ0n) is 32.9. The van der Waals surface area contributed by atoms with Gasteiger partial charge in [0.15, 0.2) is 0 Å². The van der Waals surface area contributed by atoms with Crippen LogP contribution < -0.4 is 0 Å². The number of hydrogen-bond donors (Lipinski definition) is 0. The van der Waals surface area contributed by atoms with Crippen molar-refractivity contribution in [2.24, 2.45) is 0 Å². The standard InChI is InChI=1S/C48H32/c1-4-14-33(15-5-1)38-26-27-45-46(32-38)48(42-30-40(34-16-6-2-7-17-34)29-41(31-42)35-18-8-3-9-19-35)44-23-13-12-22-43(44)47(45)39-25-24-36-20-10-11-21-37(36)28-39/h1-32H/i12D,13D,22D,23D,26D,27D,32D. The van der Waals surface area contributed by atoms with E-state index in [4.69, 9.17) is 2.74 Å². The molecule has 0 saturated heterocycles. The summed E-state index contributed by atoms with van der Waals surface area (Å²) in [5, 5.41) is 3.06. The molecule has 0 aliphatic rings. The van der Waals surface area contributed by atoms with Crippen LogP contribution in [0.1, 0.15) is 9.60 Å². The Morgan fingerprint density at radius 3 is 1.38 bits per heavy atom. The van der Waals surface area contributed by atoms with Crippen molar-refractivity contribution in [3.8, 4) is 55.6 Å². The fourth-order valence-electron chi connectivity index (χ4n) is 6.76. The van der Waals surface area contributed by atoms with Gasteiger partial charge in [-0.05, 0) is 118 Å². The molecule has 224 valence electrons. The van der Waals surface area contributed by atoms with Gasteiger partial charge in [0.05, 0.1) is 9.60 Å². The van der Waals surface area contributed by atoms with Crippen molar-refractivity contribution in [3.05, 3.63) is 194 Å². The van der Waals surface area contributed by atoms with Crippen LogP contribution in [0.25, 0.3) is 88.0 Å². The largest absolute Gasteiger partial charge is 0.0636 e. The predicted molar refractivity (Wildman–Crippen MR) is 206 cm³/mol. The second kappa shape index (κ2) is 11.8. The van der Waals surface area contributed by atoms with Crippen LogP contribution >= 0.6 is 0 Å². The quantitative estimate of drug-likeness (QED) is 0.169. The molecule has 0 atom stereocenters.